The topological polar surface area (TPSA) is 40.6 Å². The summed E-state index contributed by atoms with van der Waals surface area (Å²) in [4.78, 5) is 27.8. The van der Waals surface area contributed by atoms with Gasteiger partial charge in [-0.2, -0.15) is 0 Å². The zero-order valence-corrected chi connectivity index (χ0v) is 15.1. The van der Waals surface area contributed by atoms with E-state index in [0.29, 0.717) is 24.1 Å². The van der Waals surface area contributed by atoms with Crippen molar-refractivity contribution in [3.05, 3.63) is 71.0 Å². The highest BCUT2D eigenvalue weighted by Crippen LogP contribution is 2.23. The molecule has 0 saturated carbocycles. The van der Waals surface area contributed by atoms with E-state index in [-0.39, 0.29) is 23.7 Å². The highest BCUT2D eigenvalue weighted by molar-refractivity contribution is 5.94. The van der Waals surface area contributed by atoms with Crippen LogP contribution in [0.3, 0.4) is 0 Å². The van der Waals surface area contributed by atoms with Gasteiger partial charge in [-0.05, 0) is 37.1 Å². The van der Waals surface area contributed by atoms with Crippen molar-refractivity contribution in [2.24, 2.45) is 0 Å². The molecular formula is C21H23FN2O2. The van der Waals surface area contributed by atoms with Gasteiger partial charge in [0.15, 0.2) is 0 Å². The molecule has 0 radical (unpaired) electrons. The maximum absolute atomic E-state index is 14.0. The summed E-state index contributed by atoms with van der Waals surface area (Å²) in [5.74, 6) is -0.293. The maximum atomic E-state index is 14.0. The number of nitrogens with zero attached hydrogens (tertiary/aromatic N) is 2. The molecule has 3 rings (SSSR count). The van der Waals surface area contributed by atoms with E-state index in [2.05, 4.69) is 0 Å². The largest absolute Gasteiger partial charge is 0.338 e. The lowest BCUT2D eigenvalue weighted by molar-refractivity contribution is -0.128. The highest BCUT2D eigenvalue weighted by atomic mass is 19.1. The lowest BCUT2D eigenvalue weighted by Crippen LogP contribution is -2.30. The van der Waals surface area contributed by atoms with Crippen LogP contribution in [0.2, 0.25) is 0 Å². The van der Waals surface area contributed by atoms with Crippen LogP contribution < -0.4 is 0 Å². The standard InChI is InChI=1S/C21H23FN2O2/c1-15(18-6-3-4-7-19(18)22)23(2)21(26)17-11-9-16(10-12-17)14-24-13-5-8-20(24)25/h3-4,6-7,9-12,15H,5,8,13-14H2,1-2H3. The molecule has 1 aliphatic rings. The lowest BCUT2D eigenvalue weighted by Gasteiger charge is -2.26. The molecular weight excluding hydrogens is 331 g/mol. The van der Waals surface area contributed by atoms with Gasteiger partial charge in [0, 0.05) is 37.7 Å². The number of amides is 2. The van der Waals surface area contributed by atoms with E-state index in [9.17, 15) is 14.0 Å². The number of carbonyl (C=O) groups excluding carboxylic acids is 2. The first-order valence-corrected chi connectivity index (χ1v) is 8.85. The van der Waals surface area contributed by atoms with Crippen LogP contribution >= 0.6 is 0 Å². The highest BCUT2D eigenvalue weighted by Gasteiger charge is 2.22. The Hall–Kier alpha value is -2.69. The summed E-state index contributed by atoms with van der Waals surface area (Å²) in [6.07, 6.45) is 1.53. The van der Waals surface area contributed by atoms with E-state index < -0.39 is 0 Å². The Kier molecular flexibility index (Phi) is 5.35. The van der Waals surface area contributed by atoms with E-state index in [1.165, 1.54) is 11.0 Å². The number of hydrogen-bond donors (Lipinski definition) is 0. The Morgan fingerprint density at radius 2 is 1.88 bits per heavy atom. The minimum Gasteiger partial charge on any atom is -0.338 e. The van der Waals surface area contributed by atoms with E-state index in [1.807, 2.05) is 24.0 Å². The maximum Gasteiger partial charge on any atom is 0.254 e. The van der Waals surface area contributed by atoms with E-state index in [1.54, 1.807) is 37.4 Å². The fourth-order valence-corrected chi connectivity index (χ4v) is 3.25. The summed E-state index contributed by atoms with van der Waals surface area (Å²) < 4.78 is 14.0. The monoisotopic (exact) mass is 354 g/mol. The Bertz CT molecular complexity index is 804. The van der Waals surface area contributed by atoms with Crippen molar-refractivity contribution in [1.82, 2.24) is 9.80 Å². The van der Waals surface area contributed by atoms with Gasteiger partial charge in [0.2, 0.25) is 5.91 Å². The smallest absolute Gasteiger partial charge is 0.254 e. The van der Waals surface area contributed by atoms with Crippen LogP contribution in [0.25, 0.3) is 0 Å². The zero-order chi connectivity index (χ0) is 18.7. The number of likely N-dealkylation sites (tertiary alicyclic amines) is 1. The molecule has 2 amide bonds. The summed E-state index contributed by atoms with van der Waals surface area (Å²) in [5, 5.41) is 0. The zero-order valence-electron chi connectivity index (χ0n) is 15.1. The van der Waals surface area contributed by atoms with Crippen molar-refractivity contribution in [2.45, 2.75) is 32.4 Å². The molecule has 1 unspecified atom stereocenters. The molecule has 1 saturated heterocycles. The quantitative estimate of drug-likeness (QED) is 0.820. The SMILES string of the molecule is CC(c1ccccc1F)N(C)C(=O)c1ccc(CN2CCCC2=O)cc1. The molecule has 1 aliphatic heterocycles. The molecule has 0 N–H and O–H groups in total. The first-order valence-electron chi connectivity index (χ1n) is 8.85. The Morgan fingerprint density at radius 1 is 1.19 bits per heavy atom. The molecule has 1 fully saturated rings. The summed E-state index contributed by atoms with van der Waals surface area (Å²) in [5.41, 5.74) is 2.04. The predicted octanol–water partition coefficient (Wildman–Crippen LogP) is 3.78. The number of rotatable bonds is 5. The normalized spacial score (nSPS) is 15.2. The fourth-order valence-electron chi connectivity index (χ4n) is 3.25. The molecule has 26 heavy (non-hydrogen) atoms. The Labute approximate surface area is 153 Å². The van der Waals surface area contributed by atoms with Crippen LogP contribution in [-0.4, -0.2) is 35.2 Å². The van der Waals surface area contributed by atoms with Crippen molar-refractivity contribution in [3.8, 4) is 0 Å². The Morgan fingerprint density at radius 3 is 2.50 bits per heavy atom. The molecule has 0 bridgehead atoms. The third-order valence-corrected chi connectivity index (χ3v) is 5.00. The molecule has 0 aliphatic carbocycles. The molecule has 136 valence electrons. The minimum absolute atomic E-state index is 0.162. The number of hydrogen-bond acceptors (Lipinski definition) is 2. The minimum atomic E-state index is -0.370. The van der Waals surface area contributed by atoms with Gasteiger partial charge in [-0.15, -0.1) is 0 Å². The van der Waals surface area contributed by atoms with Gasteiger partial charge in [-0.1, -0.05) is 30.3 Å². The summed E-state index contributed by atoms with van der Waals surface area (Å²) in [6, 6.07) is 13.4. The van der Waals surface area contributed by atoms with Gasteiger partial charge >= 0.3 is 0 Å². The van der Waals surface area contributed by atoms with Crippen molar-refractivity contribution >= 4 is 11.8 Å². The molecule has 1 heterocycles. The second kappa shape index (κ2) is 7.68. The van der Waals surface area contributed by atoms with Crippen molar-refractivity contribution in [1.29, 1.82) is 0 Å². The van der Waals surface area contributed by atoms with Crippen LogP contribution in [0.4, 0.5) is 4.39 Å². The summed E-state index contributed by atoms with van der Waals surface area (Å²) in [7, 11) is 1.68. The molecule has 4 nitrogen and oxygen atoms in total. The third-order valence-electron chi connectivity index (χ3n) is 5.00. The van der Waals surface area contributed by atoms with Crippen LogP contribution in [0.5, 0.6) is 0 Å². The van der Waals surface area contributed by atoms with Gasteiger partial charge in [0.25, 0.3) is 5.91 Å². The van der Waals surface area contributed by atoms with Crippen LogP contribution in [-0.2, 0) is 11.3 Å². The third kappa shape index (κ3) is 3.77. The summed E-state index contributed by atoms with van der Waals surface area (Å²) >= 11 is 0. The van der Waals surface area contributed by atoms with Crippen LogP contribution in [0.1, 0.15) is 47.3 Å². The lowest BCUT2D eigenvalue weighted by atomic mass is 10.0. The number of halogens is 1. The molecule has 2 aromatic rings. The van der Waals surface area contributed by atoms with E-state index >= 15 is 0 Å². The van der Waals surface area contributed by atoms with Crippen LogP contribution in [0, 0.1) is 5.82 Å². The van der Waals surface area contributed by atoms with E-state index in [4.69, 9.17) is 0 Å². The molecule has 0 aromatic heterocycles. The van der Waals surface area contributed by atoms with Crippen molar-refractivity contribution in [2.75, 3.05) is 13.6 Å². The Balaban J connectivity index is 1.69. The second-order valence-corrected chi connectivity index (χ2v) is 6.73. The molecule has 0 spiro atoms. The fraction of sp³-hybridized carbons (Fsp3) is 0.333. The van der Waals surface area contributed by atoms with Crippen LogP contribution in [0.15, 0.2) is 48.5 Å². The van der Waals surface area contributed by atoms with Gasteiger partial charge in [-0.3, -0.25) is 9.59 Å². The second-order valence-electron chi connectivity index (χ2n) is 6.73. The first kappa shape index (κ1) is 18.1. The van der Waals surface area contributed by atoms with Crippen molar-refractivity contribution < 1.29 is 14.0 Å². The molecule has 2 aromatic carbocycles. The van der Waals surface area contributed by atoms with Gasteiger partial charge in [-0.25, -0.2) is 4.39 Å². The molecule has 1 atom stereocenters. The van der Waals surface area contributed by atoms with Gasteiger partial charge in [0.1, 0.15) is 5.82 Å². The first-order chi connectivity index (χ1) is 12.5. The number of carbonyl (C=O) groups is 2. The average Bonchev–Trinajstić information content (AvgIpc) is 3.05. The average molecular weight is 354 g/mol. The predicted molar refractivity (Wildman–Crippen MR) is 98.0 cm³/mol. The van der Waals surface area contributed by atoms with Gasteiger partial charge in [0.05, 0.1) is 6.04 Å². The molecule has 5 heteroatoms. The van der Waals surface area contributed by atoms with Gasteiger partial charge < -0.3 is 9.80 Å². The van der Waals surface area contributed by atoms with E-state index in [0.717, 1.165) is 18.5 Å². The number of benzene rings is 2. The van der Waals surface area contributed by atoms with Crippen molar-refractivity contribution in [3.63, 3.8) is 0 Å². The summed E-state index contributed by atoms with van der Waals surface area (Å²) in [6.45, 7) is 3.18.